The highest BCUT2D eigenvalue weighted by Crippen LogP contribution is 2.32. The third-order valence-electron chi connectivity index (χ3n) is 3.85. The van der Waals surface area contributed by atoms with Gasteiger partial charge in [-0.2, -0.15) is 0 Å². The topological polar surface area (TPSA) is 76.1 Å². The van der Waals surface area contributed by atoms with Gasteiger partial charge in [0.2, 0.25) is 0 Å². The van der Waals surface area contributed by atoms with E-state index in [1.807, 2.05) is 6.92 Å². The number of hydrogen-bond donors (Lipinski definition) is 1. The number of nitrogens with zero attached hydrogens (tertiary/aromatic N) is 1. The lowest BCUT2D eigenvalue weighted by molar-refractivity contribution is -0.141. The van der Waals surface area contributed by atoms with Gasteiger partial charge in [0.25, 0.3) is 5.91 Å². The summed E-state index contributed by atoms with van der Waals surface area (Å²) in [6, 6.07) is 5.19. The predicted octanol–water partition coefficient (Wildman–Crippen LogP) is 2.42. The van der Waals surface area contributed by atoms with Gasteiger partial charge in [-0.15, -0.1) is 0 Å². The summed E-state index contributed by atoms with van der Waals surface area (Å²) < 4.78 is 10.7. The van der Waals surface area contributed by atoms with Crippen LogP contribution in [0.25, 0.3) is 0 Å². The minimum atomic E-state index is -0.896. The quantitative estimate of drug-likeness (QED) is 0.796. The van der Waals surface area contributed by atoms with Crippen LogP contribution in [0, 0.1) is 5.92 Å². The molecule has 0 spiro atoms. The van der Waals surface area contributed by atoms with Crippen LogP contribution in [0.3, 0.4) is 0 Å². The molecule has 1 saturated carbocycles. The molecule has 1 atom stereocenters. The number of benzene rings is 1. The van der Waals surface area contributed by atoms with Crippen LogP contribution >= 0.6 is 0 Å². The highest BCUT2D eigenvalue weighted by Gasteiger charge is 2.35. The molecule has 1 aliphatic carbocycles. The van der Waals surface area contributed by atoms with Crippen LogP contribution in [-0.4, -0.2) is 48.2 Å². The lowest BCUT2D eigenvalue weighted by atomic mass is 10.1. The van der Waals surface area contributed by atoms with Crippen LogP contribution in [0.1, 0.15) is 37.0 Å². The molecule has 23 heavy (non-hydrogen) atoms. The number of methoxy groups -OCH3 is 1. The van der Waals surface area contributed by atoms with E-state index in [1.54, 1.807) is 30.0 Å². The Hall–Kier alpha value is -2.24. The summed E-state index contributed by atoms with van der Waals surface area (Å²) in [5, 5.41) is 9.09. The molecule has 1 N–H and O–H groups in total. The summed E-state index contributed by atoms with van der Waals surface area (Å²) in [4.78, 5) is 25.5. The standard InChI is InChI=1S/C17H23NO5/c1-4-23-14-8-5-12(9-15(14)22-3)16(19)18(13-6-7-13)10-11(2)17(20)21/h5,8-9,11,13H,4,6-7,10H2,1-3H3,(H,20,21). The van der Waals surface area contributed by atoms with Gasteiger partial charge in [0.15, 0.2) is 11.5 Å². The zero-order valence-corrected chi connectivity index (χ0v) is 13.7. The van der Waals surface area contributed by atoms with Crippen molar-refractivity contribution in [1.82, 2.24) is 4.90 Å². The number of aliphatic carboxylic acids is 1. The summed E-state index contributed by atoms with van der Waals surface area (Å²) in [5.74, 6) is -0.568. The van der Waals surface area contributed by atoms with E-state index >= 15 is 0 Å². The fourth-order valence-corrected chi connectivity index (χ4v) is 2.40. The molecule has 6 nitrogen and oxygen atoms in total. The second-order valence-corrected chi connectivity index (χ2v) is 5.73. The van der Waals surface area contributed by atoms with Gasteiger partial charge in [0.05, 0.1) is 19.6 Å². The van der Waals surface area contributed by atoms with Crippen LogP contribution < -0.4 is 9.47 Å². The third-order valence-corrected chi connectivity index (χ3v) is 3.85. The van der Waals surface area contributed by atoms with Gasteiger partial charge in [-0.1, -0.05) is 6.92 Å². The second-order valence-electron chi connectivity index (χ2n) is 5.73. The van der Waals surface area contributed by atoms with Gasteiger partial charge >= 0.3 is 5.97 Å². The molecule has 0 radical (unpaired) electrons. The van der Waals surface area contributed by atoms with Crippen molar-refractivity contribution < 1.29 is 24.2 Å². The van der Waals surface area contributed by atoms with Crippen molar-refractivity contribution in [3.05, 3.63) is 23.8 Å². The molecule has 0 bridgehead atoms. The molecule has 0 heterocycles. The predicted molar refractivity (Wildman–Crippen MR) is 85.0 cm³/mol. The lowest BCUT2D eigenvalue weighted by Gasteiger charge is -2.24. The molecule has 1 aliphatic rings. The number of rotatable bonds is 8. The highest BCUT2D eigenvalue weighted by atomic mass is 16.5. The van der Waals surface area contributed by atoms with Crippen LogP contribution in [0.15, 0.2) is 18.2 Å². The summed E-state index contributed by atoms with van der Waals surface area (Å²) in [6.07, 6.45) is 1.85. The van der Waals surface area contributed by atoms with Crippen molar-refractivity contribution in [2.45, 2.75) is 32.7 Å². The first-order chi connectivity index (χ1) is 11.0. The maximum atomic E-state index is 12.8. The molecule has 6 heteroatoms. The summed E-state index contributed by atoms with van der Waals surface area (Å²) in [6.45, 7) is 4.22. The molecule has 1 amide bonds. The summed E-state index contributed by atoms with van der Waals surface area (Å²) in [7, 11) is 1.53. The van der Waals surface area contributed by atoms with Crippen LogP contribution in [0.4, 0.5) is 0 Å². The van der Waals surface area contributed by atoms with Crippen molar-refractivity contribution >= 4 is 11.9 Å². The van der Waals surface area contributed by atoms with Gasteiger partial charge in [-0.3, -0.25) is 9.59 Å². The minimum absolute atomic E-state index is 0.141. The van der Waals surface area contributed by atoms with E-state index < -0.39 is 11.9 Å². The number of carbonyl (C=O) groups excluding carboxylic acids is 1. The average molecular weight is 321 g/mol. The molecule has 2 rings (SSSR count). The molecule has 1 aromatic carbocycles. The lowest BCUT2D eigenvalue weighted by Crippen LogP contribution is -2.38. The smallest absolute Gasteiger partial charge is 0.308 e. The van der Waals surface area contributed by atoms with E-state index in [4.69, 9.17) is 14.6 Å². The Morgan fingerprint density at radius 3 is 2.57 bits per heavy atom. The van der Waals surface area contributed by atoms with Gasteiger partial charge in [-0.05, 0) is 38.0 Å². The van der Waals surface area contributed by atoms with Crippen molar-refractivity contribution in [1.29, 1.82) is 0 Å². The molecule has 1 unspecified atom stereocenters. The van der Waals surface area contributed by atoms with E-state index in [0.29, 0.717) is 23.7 Å². The number of carboxylic acids is 1. The fraction of sp³-hybridized carbons (Fsp3) is 0.529. The molecule has 0 saturated heterocycles. The number of amides is 1. The van der Waals surface area contributed by atoms with Gasteiger partial charge < -0.3 is 19.5 Å². The van der Waals surface area contributed by atoms with Crippen LogP contribution in [0.5, 0.6) is 11.5 Å². The van der Waals surface area contributed by atoms with Gasteiger partial charge in [-0.25, -0.2) is 0 Å². The largest absolute Gasteiger partial charge is 0.493 e. The Bertz CT molecular complexity index is 582. The Kier molecular flexibility index (Phi) is 5.47. The minimum Gasteiger partial charge on any atom is -0.493 e. The molecular formula is C17H23NO5. The molecule has 0 aliphatic heterocycles. The molecule has 0 aromatic heterocycles. The van der Waals surface area contributed by atoms with E-state index in [0.717, 1.165) is 12.8 Å². The Labute approximate surface area is 136 Å². The Morgan fingerprint density at radius 1 is 1.35 bits per heavy atom. The molecule has 1 fully saturated rings. The summed E-state index contributed by atoms with van der Waals surface area (Å²) >= 11 is 0. The Balaban J connectivity index is 2.21. The second kappa shape index (κ2) is 7.35. The normalized spacial score (nSPS) is 14.9. The zero-order valence-electron chi connectivity index (χ0n) is 13.7. The van der Waals surface area contributed by atoms with E-state index in [9.17, 15) is 9.59 Å². The van der Waals surface area contributed by atoms with Gasteiger partial charge in [0, 0.05) is 18.2 Å². The number of ether oxygens (including phenoxy) is 2. The van der Waals surface area contributed by atoms with Gasteiger partial charge in [0.1, 0.15) is 0 Å². The number of hydrogen-bond acceptors (Lipinski definition) is 4. The van der Waals surface area contributed by atoms with E-state index in [2.05, 4.69) is 0 Å². The van der Waals surface area contributed by atoms with E-state index in [1.165, 1.54) is 7.11 Å². The maximum absolute atomic E-state index is 12.8. The molecule has 126 valence electrons. The average Bonchev–Trinajstić information content (AvgIpc) is 3.37. The maximum Gasteiger partial charge on any atom is 0.308 e. The monoisotopic (exact) mass is 321 g/mol. The summed E-state index contributed by atoms with van der Waals surface area (Å²) in [5.41, 5.74) is 0.481. The van der Waals surface area contributed by atoms with E-state index in [-0.39, 0.29) is 18.5 Å². The third kappa shape index (κ3) is 4.15. The van der Waals surface area contributed by atoms with Crippen LogP contribution in [-0.2, 0) is 4.79 Å². The van der Waals surface area contributed by atoms with Crippen molar-refractivity contribution in [2.24, 2.45) is 5.92 Å². The van der Waals surface area contributed by atoms with Crippen molar-refractivity contribution in [3.63, 3.8) is 0 Å². The Morgan fingerprint density at radius 2 is 2.04 bits per heavy atom. The zero-order chi connectivity index (χ0) is 17.0. The number of carbonyl (C=O) groups is 2. The first-order valence-electron chi connectivity index (χ1n) is 7.82. The van der Waals surface area contributed by atoms with Crippen LogP contribution in [0.2, 0.25) is 0 Å². The SMILES string of the molecule is CCOc1ccc(C(=O)N(CC(C)C(=O)O)C2CC2)cc1OC. The fourth-order valence-electron chi connectivity index (χ4n) is 2.40. The highest BCUT2D eigenvalue weighted by molar-refractivity contribution is 5.95. The van der Waals surface area contributed by atoms with Crippen molar-refractivity contribution in [3.8, 4) is 11.5 Å². The van der Waals surface area contributed by atoms with Crippen molar-refractivity contribution in [2.75, 3.05) is 20.3 Å². The first kappa shape index (κ1) is 17.1. The first-order valence-corrected chi connectivity index (χ1v) is 7.82. The number of carboxylic acid groups (broad SMARTS) is 1. The molecule has 1 aromatic rings. The molecular weight excluding hydrogens is 298 g/mol.